The van der Waals surface area contributed by atoms with E-state index in [2.05, 4.69) is 4.90 Å². The van der Waals surface area contributed by atoms with Crippen LogP contribution in [0.1, 0.15) is 28.8 Å². The van der Waals surface area contributed by atoms with Crippen LogP contribution in [-0.2, 0) is 6.54 Å². The number of halogens is 3. The summed E-state index contributed by atoms with van der Waals surface area (Å²) in [6.07, 6.45) is 1.39. The highest BCUT2D eigenvalue weighted by atomic mass is 19.1. The number of hydrogen-bond donors (Lipinski definition) is 0. The molecule has 1 aliphatic heterocycles. The molecule has 0 aromatic heterocycles. The summed E-state index contributed by atoms with van der Waals surface area (Å²) >= 11 is 0. The Balaban J connectivity index is 1.50. The lowest BCUT2D eigenvalue weighted by molar-refractivity contribution is 0.0958. The number of rotatable bonds is 5. The quantitative estimate of drug-likeness (QED) is 0.546. The van der Waals surface area contributed by atoms with Crippen molar-refractivity contribution in [1.82, 2.24) is 4.90 Å². The van der Waals surface area contributed by atoms with Crippen molar-refractivity contribution in [2.75, 3.05) is 18.0 Å². The summed E-state index contributed by atoms with van der Waals surface area (Å²) in [5.41, 5.74) is 1.68. The van der Waals surface area contributed by atoms with Crippen LogP contribution >= 0.6 is 0 Å². The van der Waals surface area contributed by atoms with Crippen LogP contribution in [0.5, 0.6) is 0 Å². The van der Waals surface area contributed by atoms with Crippen molar-refractivity contribution < 1.29 is 18.0 Å². The molecule has 3 nitrogen and oxygen atoms in total. The van der Waals surface area contributed by atoms with E-state index < -0.39 is 11.6 Å². The van der Waals surface area contributed by atoms with Crippen molar-refractivity contribution in [1.29, 1.82) is 0 Å². The van der Waals surface area contributed by atoms with Crippen molar-refractivity contribution in [3.05, 3.63) is 101 Å². The SMILES string of the molecule is O=C(c1ccccc1)N(c1ccc(F)cc1)C1CCN(Cc2ccc(F)cc2F)CC1. The zero-order valence-corrected chi connectivity index (χ0v) is 17.0. The van der Waals surface area contributed by atoms with Crippen LogP contribution in [0.15, 0.2) is 72.8 Å². The standard InChI is InChI=1S/C25H23F3N2O/c26-20-8-10-22(11-9-20)30(25(31)18-4-2-1-3-5-18)23-12-14-29(15-13-23)17-19-6-7-21(27)16-24(19)28/h1-11,16,23H,12-15,17H2. The van der Waals surface area contributed by atoms with Crippen molar-refractivity contribution in [3.63, 3.8) is 0 Å². The summed E-state index contributed by atoms with van der Waals surface area (Å²) in [6, 6.07) is 18.5. The second kappa shape index (κ2) is 9.35. The predicted octanol–water partition coefficient (Wildman–Crippen LogP) is 5.42. The van der Waals surface area contributed by atoms with Gasteiger partial charge in [0.25, 0.3) is 5.91 Å². The van der Waals surface area contributed by atoms with Gasteiger partial charge in [0.05, 0.1) is 0 Å². The molecule has 1 fully saturated rings. The van der Waals surface area contributed by atoms with Crippen LogP contribution in [0.3, 0.4) is 0 Å². The molecular formula is C25H23F3N2O. The van der Waals surface area contributed by atoms with E-state index in [1.165, 1.54) is 24.3 Å². The zero-order chi connectivity index (χ0) is 21.8. The molecule has 0 atom stereocenters. The molecule has 6 heteroatoms. The number of amides is 1. The lowest BCUT2D eigenvalue weighted by atomic mass is 10.00. The Morgan fingerprint density at radius 3 is 2.16 bits per heavy atom. The summed E-state index contributed by atoms with van der Waals surface area (Å²) in [4.78, 5) is 17.2. The van der Waals surface area contributed by atoms with E-state index in [0.29, 0.717) is 49.3 Å². The van der Waals surface area contributed by atoms with Gasteiger partial charge in [-0.1, -0.05) is 24.3 Å². The highest BCUT2D eigenvalue weighted by Gasteiger charge is 2.30. The monoisotopic (exact) mass is 424 g/mol. The molecule has 0 spiro atoms. The van der Waals surface area contributed by atoms with Gasteiger partial charge in [-0.2, -0.15) is 0 Å². The summed E-state index contributed by atoms with van der Waals surface area (Å²) in [6.45, 7) is 1.73. The van der Waals surface area contributed by atoms with E-state index in [-0.39, 0.29) is 17.8 Å². The Hall–Kier alpha value is -3.12. The Morgan fingerprint density at radius 1 is 0.871 bits per heavy atom. The number of piperidine rings is 1. The van der Waals surface area contributed by atoms with E-state index in [1.54, 1.807) is 29.2 Å². The highest BCUT2D eigenvalue weighted by Crippen LogP contribution is 2.27. The first-order valence-corrected chi connectivity index (χ1v) is 10.3. The topological polar surface area (TPSA) is 23.6 Å². The number of nitrogens with zero attached hydrogens (tertiary/aromatic N) is 2. The first-order valence-electron chi connectivity index (χ1n) is 10.3. The Labute approximate surface area is 179 Å². The molecule has 4 rings (SSSR count). The fraction of sp³-hybridized carbons (Fsp3) is 0.240. The van der Waals surface area contributed by atoms with Gasteiger partial charge in [0.15, 0.2) is 0 Å². The van der Waals surface area contributed by atoms with Gasteiger partial charge >= 0.3 is 0 Å². The normalized spacial score (nSPS) is 15.1. The third-order valence-electron chi connectivity index (χ3n) is 5.68. The highest BCUT2D eigenvalue weighted by molar-refractivity contribution is 6.06. The van der Waals surface area contributed by atoms with Gasteiger partial charge in [-0.3, -0.25) is 9.69 Å². The van der Waals surface area contributed by atoms with E-state index in [9.17, 15) is 18.0 Å². The minimum absolute atomic E-state index is 0.0625. The molecule has 0 radical (unpaired) electrons. The van der Waals surface area contributed by atoms with Crippen molar-refractivity contribution in [2.24, 2.45) is 0 Å². The molecule has 0 saturated carbocycles. The first-order chi connectivity index (χ1) is 15.0. The molecule has 1 saturated heterocycles. The number of hydrogen-bond acceptors (Lipinski definition) is 2. The Morgan fingerprint density at radius 2 is 1.52 bits per heavy atom. The molecule has 0 aliphatic carbocycles. The molecule has 0 unspecified atom stereocenters. The van der Waals surface area contributed by atoms with Gasteiger partial charge < -0.3 is 4.90 Å². The molecule has 0 bridgehead atoms. The summed E-state index contributed by atoms with van der Waals surface area (Å²) in [5, 5.41) is 0. The van der Waals surface area contributed by atoms with Gasteiger partial charge in [0, 0.05) is 48.6 Å². The smallest absolute Gasteiger partial charge is 0.258 e. The average molecular weight is 424 g/mol. The van der Waals surface area contributed by atoms with Crippen LogP contribution in [0.4, 0.5) is 18.9 Å². The maximum Gasteiger partial charge on any atom is 0.258 e. The van der Waals surface area contributed by atoms with E-state index in [4.69, 9.17) is 0 Å². The van der Waals surface area contributed by atoms with Crippen molar-refractivity contribution in [2.45, 2.75) is 25.4 Å². The van der Waals surface area contributed by atoms with Gasteiger partial charge in [-0.05, 0) is 55.3 Å². The fourth-order valence-corrected chi connectivity index (χ4v) is 4.04. The molecular weight excluding hydrogens is 401 g/mol. The lowest BCUT2D eigenvalue weighted by Gasteiger charge is -2.38. The molecule has 3 aromatic carbocycles. The minimum Gasteiger partial charge on any atom is -0.305 e. The summed E-state index contributed by atoms with van der Waals surface area (Å²) in [5.74, 6) is -1.62. The largest absolute Gasteiger partial charge is 0.305 e. The lowest BCUT2D eigenvalue weighted by Crippen LogP contribution is -2.47. The van der Waals surface area contributed by atoms with Crippen LogP contribution in [0.25, 0.3) is 0 Å². The second-order valence-corrected chi connectivity index (χ2v) is 7.76. The van der Waals surface area contributed by atoms with E-state index in [0.717, 1.165) is 6.07 Å². The van der Waals surface area contributed by atoms with Gasteiger partial charge in [0.2, 0.25) is 0 Å². The first kappa shape index (κ1) is 21.1. The average Bonchev–Trinajstić information content (AvgIpc) is 2.79. The fourth-order valence-electron chi connectivity index (χ4n) is 4.04. The number of benzene rings is 3. The van der Waals surface area contributed by atoms with Crippen LogP contribution in [-0.4, -0.2) is 29.9 Å². The second-order valence-electron chi connectivity index (χ2n) is 7.76. The third-order valence-corrected chi connectivity index (χ3v) is 5.68. The van der Waals surface area contributed by atoms with Gasteiger partial charge in [0.1, 0.15) is 17.5 Å². The van der Waals surface area contributed by atoms with Crippen molar-refractivity contribution in [3.8, 4) is 0 Å². The van der Waals surface area contributed by atoms with Crippen LogP contribution < -0.4 is 4.90 Å². The molecule has 1 amide bonds. The van der Waals surface area contributed by atoms with Gasteiger partial charge in [-0.25, -0.2) is 13.2 Å². The maximum atomic E-state index is 14.0. The molecule has 1 aliphatic rings. The Bertz CT molecular complexity index is 1030. The zero-order valence-electron chi connectivity index (χ0n) is 17.0. The summed E-state index contributed by atoms with van der Waals surface area (Å²) < 4.78 is 40.6. The maximum absolute atomic E-state index is 14.0. The number of carbonyl (C=O) groups is 1. The van der Waals surface area contributed by atoms with E-state index >= 15 is 0 Å². The van der Waals surface area contributed by atoms with Gasteiger partial charge in [-0.15, -0.1) is 0 Å². The minimum atomic E-state index is -0.589. The molecule has 0 N–H and O–H groups in total. The van der Waals surface area contributed by atoms with Crippen molar-refractivity contribution >= 4 is 11.6 Å². The molecule has 1 heterocycles. The Kier molecular flexibility index (Phi) is 6.37. The number of likely N-dealkylation sites (tertiary alicyclic amines) is 1. The predicted molar refractivity (Wildman–Crippen MR) is 114 cm³/mol. The van der Waals surface area contributed by atoms with E-state index in [1.807, 2.05) is 18.2 Å². The van der Waals surface area contributed by atoms with Crippen LogP contribution in [0, 0.1) is 17.5 Å². The third kappa shape index (κ3) is 4.97. The molecule has 3 aromatic rings. The molecule has 31 heavy (non-hydrogen) atoms. The number of anilines is 1. The number of carbonyl (C=O) groups excluding carboxylic acids is 1. The molecule has 160 valence electrons. The summed E-state index contributed by atoms with van der Waals surface area (Å²) in [7, 11) is 0. The van der Waals surface area contributed by atoms with Crippen LogP contribution in [0.2, 0.25) is 0 Å².